The number of esters is 1. The van der Waals surface area contributed by atoms with Crippen LogP contribution in [0.5, 0.6) is 0 Å². The highest BCUT2D eigenvalue weighted by molar-refractivity contribution is 5.99. The average Bonchev–Trinajstić information content (AvgIpc) is 3.15. The lowest BCUT2D eigenvalue weighted by Gasteiger charge is -2.30. The van der Waals surface area contributed by atoms with Crippen molar-refractivity contribution in [2.75, 3.05) is 33.4 Å². The normalized spacial score (nSPS) is 20.5. The van der Waals surface area contributed by atoms with Crippen molar-refractivity contribution < 1.29 is 19.1 Å². The molecule has 3 aliphatic rings. The van der Waals surface area contributed by atoms with Gasteiger partial charge in [0.05, 0.1) is 37.5 Å². The number of hydrogen-bond donors (Lipinski definition) is 0. The van der Waals surface area contributed by atoms with Crippen molar-refractivity contribution in [2.24, 2.45) is 5.92 Å². The van der Waals surface area contributed by atoms with Gasteiger partial charge in [-0.15, -0.1) is 0 Å². The fraction of sp³-hybridized carbons (Fsp3) is 0.483. The van der Waals surface area contributed by atoms with Gasteiger partial charge in [0, 0.05) is 48.5 Å². The topological polar surface area (TPSA) is 73.7 Å². The summed E-state index contributed by atoms with van der Waals surface area (Å²) in [7, 11) is 1.41. The summed E-state index contributed by atoms with van der Waals surface area (Å²) >= 11 is 0. The second-order valence-corrected chi connectivity index (χ2v) is 10.3. The summed E-state index contributed by atoms with van der Waals surface area (Å²) in [6, 6.07) is 7.99. The Balaban J connectivity index is 1.56. The minimum Gasteiger partial charge on any atom is -0.465 e. The van der Waals surface area contributed by atoms with E-state index in [2.05, 4.69) is 21.7 Å². The molecule has 36 heavy (non-hydrogen) atoms. The van der Waals surface area contributed by atoms with Crippen molar-refractivity contribution in [3.05, 3.63) is 53.3 Å². The van der Waals surface area contributed by atoms with Crippen LogP contribution < -0.4 is 0 Å². The van der Waals surface area contributed by atoms with Crippen LogP contribution in [0.2, 0.25) is 0 Å². The summed E-state index contributed by atoms with van der Waals surface area (Å²) in [6.07, 6.45) is 10.6. The first-order valence-electron chi connectivity index (χ1n) is 13.2. The largest absolute Gasteiger partial charge is 0.465 e. The fourth-order valence-electron chi connectivity index (χ4n) is 6.48. The maximum absolute atomic E-state index is 13.8. The Hall–Kier alpha value is -3.19. The number of methoxy groups -OCH3 is 1. The molecule has 1 amide bonds. The van der Waals surface area contributed by atoms with E-state index in [-0.39, 0.29) is 17.8 Å². The Morgan fingerprint density at radius 2 is 1.89 bits per heavy atom. The highest BCUT2D eigenvalue weighted by Gasteiger charge is 2.35. The molecule has 1 saturated heterocycles. The molecule has 1 saturated carbocycles. The van der Waals surface area contributed by atoms with Gasteiger partial charge < -0.3 is 18.9 Å². The highest BCUT2D eigenvalue weighted by atomic mass is 16.5. The summed E-state index contributed by atoms with van der Waals surface area (Å²) in [5, 5.41) is 1.18. The van der Waals surface area contributed by atoms with Crippen LogP contribution in [0, 0.1) is 5.92 Å². The van der Waals surface area contributed by atoms with Gasteiger partial charge in [0.1, 0.15) is 0 Å². The first-order chi connectivity index (χ1) is 17.7. The number of rotatable bonds is 3. The molecule has 7 nitrogen and oxygen atoms in total. The third kappa shape index (κ3) is 3.99. The van der Waals surface area contributed by atoms with Gasteiger partial charge in [-0.3, -0.25) is 9.78 Å². The molecule has 1 unspecified atom stereocenters. The Kier molecular flexibility index (Phi) is 6.25. The average molecular weight is 488 g/mol. The molecule has 0 radical (unpaired) electrons. The van der Waals surface area contributed by atoms with Crippen LogP contribution in [0.4, 0.5) is 0 Å². The highest BCUT2D eigenvalue weighted by Crippen LogP contribution is 2.46. The van der Waals surface area contributed by atoms with Gasteiger partial charge >= 0.3 is 5.97 Å². The maximum Gasteiger partial charge on any atom is 0.337 e. The van der Waals surface area contributed by atoms with Gasteiger partial charge in [0.15, 0.2) is 0 Å². The minimum absolute atomic E-state index is 0.180. The van der Waals surface area contributed by atoms with Crippen molar-refractivity contribution >= 4 is 22.8 Å². The zero-order chi connectivity index (χ0) is 24.6. The SMILES string of the molecule is COC(=O)c1ccc2c(C3CCCCC3)c3n(c2c1)CC(C(=O)N1CCOCC1)Cc1ccncc1-3. The number of amides is 1. The third-order valence-corrected chi connectivity index (χ3v) is 8.25. The summed E-state index contributed by atoms with van der Waals surface area (Å²) in [4.78, 5) is 32.7. The molecule has 4 heterocycles. The Labute approximate surface area is 211 Å². The molecule has 7 heteroatoms. The molecule has 188 valence electrons. The molecular formula is C29H33N3O4. The molecule has 0 bridgehead atoms. The zero-order valence-corrected chi connectivity index (χ0v) is 20.9. The number of carbonyl (C=O) groups is 2. The quantitative estimate of drug-likeness (QED) is 0.506. The molecule has 6 rings (SSSR count). The van der Waals surface area contributed by atoms with E-state index in [1.807, 2.05) is 29.4 Å². The van der Waals surface area contributed by atoms with Gasteiger partial charge in [-0.1, -0.05) is 25.3 Å². The Morgan fingerprint density at radius 3 is 2.67 bits per heavy atom. The Morgan fingerprint density at radius 1 is 1.08 bits per heavy atom. The predicted molar refractivity (Wildman–Crippen MR) is 137 cm³/mol. The number of aromatic nitrogens is 2. The minimum atomic E-state index is -0.344. The number of nitrogens with zero attached hydrogens (tertiary/aromatic N) is 3. The molecule has 2 aliphatic heterocycles. The Bertz CT molecular complexity index is 1300. The lowest BCUT2D eigenvalue weighted by atomic mass is 9.81. The van der Waals surface area contributed by atoms with Crippen molar-refractivity contribution in [3.63, 3.8) is 0 Å². The van der Waals surface area contributed by atoms with E-state index < -0.39 is 0 Å². The van der Waals surface area contributed by atoms with Crippen molar-refractivity contribution in [1.29, 1.82) is 0 Å². The van der Waals surface area contributed by atoms with Crippen LogP contribution in [-0.2, 0) is 27.2 Å². The monoisotopic (exact) mass is 487 g/mol. The first-order valence-corrected chi connectivity index (χ1v) is 13.2. The predicted octanol–water partition coefficient (Wildman–Crippen LogP) is 4.57. The molecule has 1 aromatic carbocycles. The molecule has 0 spiro atoms. The van der Waals surface area contributed by atoms with Crippen LogP contribution in [0.1, 0.15) is 59.5 Å². The smallest absolute Gasteiger partial charge is 0.337 e. The van der Waals surface area contributed by atoms with Gasteiger partial charge in [0.2, 0.25) is 5.91 Å². The number of benzene rings is 1. The van der Waals surface area contributed by atoms with Crippen LogP contribution in [0.15, 0.2) is 36.7 Å². The lowest BCUT2D eigenvalue weighted by molar-refractivity contribution is -0.140. The molecule has 1 atom stereocenters. The number of morpholine rings is 1. The standard InChI is InChI=1S/C29H33N3O4/c1-35-29(34)21-7-8-23-25(16-21)32-18-22(28(33)31-11-13-36-14-12-31)15-20-9-10-30-17-24(20)27(32)26(23)19-5-3-2-4-6-19/h7-10,16-17,19,22H,2-6,11-15,18H2,1H3. The van der Waals surface area contributed by atoms with Crippen LogP contribution >= 0.6 is 0 Å². The second-order valence-electron chi connectivity index (χ2n) is 10.3. The van der Waals surface area contributed by atoms with Gasteiger partial charge in [-0.05, 0) is 54.5 Å². The molecular weight excluding hydrogens is 454 g/mol. The van der Waals surface area contributed by atoms with E-state index in [0.29, 0.717) is 50.8 Å². The van der Waals surface area contributed by atoms with E-state index in [1.165, 1.54) is 48.6 Å². The van der Waals surface area contributed by atoms with E-state index in [4.69, 9.17) is 9.47 Å². The first kappa shape index (κ1) is 23.2. The van der Waals surface area contributed by atoms with E-state index in [0.717, 1.165) is 23.9 Å². The number of hydrogen-bond acceptors (Lipinski definition) is 5. The van der Waals surface area contributed by atoms with Crippen LogP contribution in [0.3, 0.4) is 0 Å². The molecule has 1 aliphatic carbocycles. The third-order valence-electron chi connectivity index (χ3n) is 8.25. The van der Waals surface area contributed by atoms with E-state index in [1.54, 1.807) is 0 Å². The lowest BCUT2D eigenvalue weighted by Crippen LogP contribution is -2.45. The summed E-state index contributed by atoms with van der Waals surface area (Å²) in [5.74, 6) is 0.102. The van der Waals surface area contributed by atoms with Gasteiger partial charge in [0.25, 0.3) is 0 Å². The van der Waals surface area contributed by atoms with Crippen molar-refractivity contribution in [2.45, 2.75) is 51.0 Å². The summed E-state index contributed by atoms with van der Waals surface area (Å²) in [6.45, 7) is 3.03. The van der Waals surface area contributed by atoms with Crippen molar-refractivity contribution in [3.8, 4) is 11.3 Å². The molecule has 3 aromatic rings. The molecule has 2 aromatic heterocycles. The summed E-state index contributed by atoms with van der Waals surface area (Å²) in [5.41, 5.74) is 6.36. The van der Waals surface area contributed by atoms with Gasteiger partial charge in [-0.2, -0.15) is 0 Å². The zero-order valence-electron chi connectivity index (χ0n) is 20.9. The number of ether oxygens (including phenoxy) is 2. The fourth-order valence-corrected chi connectivity index (χ4v) is 6.48. The van der Waals surface area contributed by atoms with Crippen molar-refractivity contribution in [1.82, 2.24) is 14.5 Å². The second kappa shape index (κ2) is 9.69. The number of carbonyl (C=O) groups excluding carboxylic acids is 2. The summed E-state index contributed by atoms with van der Waals surface area (Å²) < 4.78 is 12.8. The number of pyridine rings is 1. The molecule has 2 fully saturated rings. The van der Waals surface area contributed by atoms with E-state index >= 15 is 0 Å². The van der Waals surface area contributed by atoms with E-state index in [9.17, 15) is 9.59 Å². The van der Waals surface area contributed by atoms with Crippen LogP contribution in [-0.4, -0.2) is 59.7 Å². The van der Waals surface area contributed by atoms with Gasteiger partial charge in [-0.25, -0.2) is 4.79 Å². The maximum atomic E-state index is 13.8. The molecule has 0 N–H and O–H groups in total. The van der Waals surface area contributed by atoms with Crippen LogP contribution in [0.25, 0.3) is 22.2 Å². The number of fused-ring (bicyclic) bond motifs is 5.